The molecule has 5 rings (SSSR count). The van der Waals surface area contributed by atoms with Gasteiger partial charge in [0.1, 0.15) is 24.2 Å². The van der Waals surface area contributed by atoms with Gasteiger partial charge in [-0.2, -0.15) is 17.9 Å². The number of esters is 1. The number of likely N-dealkylation sites (tertiary alicyclic amines) is 1. The molecule has 1 aliphatic heterocycles. The number of carbonyl (C=O) groups excluding carboxylic acids is 3. The number of halogens is 3. The second-order valence-corrected chi connectivity index (χ2v) is 10.9. The van der Waals surface area contributed by atoms with Crippen molar-refractivity contribution >= 4 is 29.3 Å². The Labute approximate surface area is 281 Å². The van der Waals surface area contributed by atoms with E-state index in [0.717, 1.165) is 24.6 Å². The number of hydrogen-bond donors (Lipinski definition) is 5. The standard InChI is InChI=1S/C32H31F3N8O7/c1-48-23-16-18(9-12-21(23)49-15-14-42-13-3-6-24(42)44)25(39-19-10-7-17(8-11-19)27(36)37)29-40-31(47)43(41-29)26-20(28(38)45)4-2-5-22(26)50-30(46)32(33,34)35/h2,4-5,7-12,16,25,39H,3,6,13-15H2,1H3,(H3,36,37)(H2,38,45)(H,40,41,47). The van der Waals surface area contributed by atoms with Gasteiger partial charge in [0.05, 0.1) is 19.2 Å². The minimum Gasteiger partial charge on any atom is -0.493 e. The number of methoxy groups -OCH3 is 1. The van der Waals surface area contributed by atoms with Gasteiger partial charge >= 0.3 is 17.8 Å². The number of H-pyrrole nitrogens is 1. The SMILES string of the molecule is COc1cc(C(Nc2ccc(C(=N)N)cc2)c2nn(-c3c(OC(=O)C(F)(F)F)cccc3C(N)=O)c(=O)[nH]2)ccc1OCCN1CCCC1=O. The molecule has 262 valence electrons. The number of aromatic amines is 1. The Morgan fingerprint density at radius 1 is 1.06 bits per heavy atom. The van der Waals surface area contributed by atoms with Gasteiger partial charge in [0.25, 0.3) is 5.91 Å². The van der Waals surface area contributed by atoms with Crippen LogP contribution in [-0.2, 0) is 9.59 Å². The van der Waals surface area contributed by atoms with Crippen molar-refractivity contribution in [3.8, 4) is 22.9 Å². The first kappa shape index (κ1) is 35.0. The molecule has 1 saturated heterocycles. The number of benzene rings is 3. The molecule has 7 N–H and O–H groups in total. The van der Waals surface area contributed by atoms with E-state index in [-0.39, 0.29) is 29.9 Å². The highest BCUT2D eigenvalue weighted by atomic mass is 19.4. The molecule has 0 spiro atoms. The van der Waals surface area contributed by atoms with E-state index in [0.29, 0.717) is 46.8 Å². The van der Waals surface area contributed by atoms with Gasteiger partial charge in [0.15, 0.2) is 23.1 Å². The highest BCUT2D eigenvalue weighted by Gasteiger charge is 2.42. The molecule has 1 unspecified atom stereocenters. The van der Waals surface area contributed by atoms with Crippen molar-refractivity contribution in [1.29, 1.82) is 5.41 Å². The zero-order chi connectivity index (χ0) is 36.2. The molecule has 15 nitrogen and oxygen atoms in total. The molecule has 0 aliphatic carbocycles. The van der Waals surface area contributed by atoms with Crippen LogP contribution in [0.2, 0.25) is 0 Å². The molecular formula is C32H31F3N8O7. The van der Waals surface area contributed by atoms with E-state index < -0.39 is 46.8 Å². The number of alkyl halides is 3. The Hall–Kier alpha value is -6.33. The predicted molar refractivity (Wildman–Crippen MR) is 172 cm³/mol. The summed E-state index contributed by atoms with van der Waals surface area (Å²) in [5.74, 6) is -4.10. The summed E-state index contributed by atoms with van der Waals surface area (Å²) >= 11 is 0. The lowest BCUT2D eigenvalue weighted by Gasteiger charge is -2.21. The summed E-state index contributed by atoms with van der Waals surface area (Å²) in [4.78, 5) is 53.6. The number of anilines is 1. The monoisotopic (exact) mass is 696 g/mol. The molecule has 1 aromatic heterocycles. The van der Waals surface area contributed by atoms with Crippen LogP contribution < -0.4 is 36.7 Å². The number of nitrogens with zero attached hydrogens (tertiary/aromatic N) is 3. The van der Waals surface area contributed by atoms with Crippen molar-refractivity contribution in [2.75, 3.05) is 32.1 Å². The van der Waals surface area contributed by atoms with Gasteiger partial charge in [-0.05, 0) is 60.5 Å². The van der Waals surface area contributed by atoms with Crippen molar-refractivity contribution in [2.24, 2.45) is 11.5 Å². The number of amidine groups is 1. The fourth-order valence-corrected chi connectivity index (χ4v) is 5.21. The van der Waals surface area contributed by atoms with Gasteiger partial charge in [-0.3, -0.25) is 20.0 Å². The lowest BCUT2D eigenvalue weighted by molar-refractivity contribution is -0.189. The number of aromatic nitrogens is 3. The normalized spacial score (nSPS) is 13.5. The maximum absolute atomic E-state index is 13.4. The molecular weight excluding hydrogens is 665 g/mol. The van der Waals surface area contributed by atoms with Crippen LogP contribution in [0.1, 0.15) is 46.2 Å². The molecule has 3 aromatic carbocycles. The van der Waals surface area contributed by atoms with Crippen LogP contribution in [0.5, 0.6) is 17.2 Å². The van der Waals surface area contributed by atoms with Crippen LogP contribution in [0.15, 0.2) is 65.5 Å². The summed E-state index contributed by atoms with van der Waals surface area (Å²) in [7, 11) is 1.42. The Kier molecular flexibility index (Phi) is 10.1. The topological polar surface area (TPSA) is 221 Å². The summed E-state index contributed by atoms with van der Waals surface area (Å²) in [5.41, 5.74) is 10.3. The molecule has 1 fully saturated rings. The van der Waals surface area contributed by atoms with Crippen LogP contribution in [0.4, 0.5) is 18.9 Å². The second kappa shape index (κ2) is 14.4. The summed E-state index contributed by atoms with van der Waals surface area (Å²) in [6.45, 7) is 1.24. The summed E-state index contributed by atoms with van der Waals surface area (Å²) in [6.07, 6.45) is -4.11. The summed E-state index contributed by atoms with van der Waals surface area (Å²) < 4.78 is 55.9. The van der Waals surface area contributed by atoms with Crippen molar-refractivity contribution in [3.05, 3.63) is 93.7 Å². The molecule has 4 aromatic rings. The maximum Gasteiger partial charge on any atom is 0.491 e. The molecule has 2 heterocycles. The maximum atomic E-state index is 13.4. The first-order chi connectivity index (χ1) is 23.8. The Morgan fingerprint density at radius 3 is 2.42 bits per heavy atom. The number of para-hydroxylation sites is 1. The molecule has 0 bridgehead atoms. The fraction of sp³-hybridized carbons (Fsp3) is 0.250. The average molecular weight is 697 g/mol. The van der Waals surface area contributed by atoms with Gasteiger partial charge in [-0.1, -0.05) is 12.1 Å². The number of primary amides is 1. The van der Waals surface area contributed by atoms with E-state index in [4.69, 9.17) is 26.4 Å². The molecule has 0 radical (unpaired) electrons. The van der Waals surface area contributed by atoms with Gasteiger partial charge in [0.2, 0.25) is 5.91 Å². The predicted octanol–water partition coefficient (Wildman–Crippen LogP) is 2.62. The lowest BCUT2D eigenvalue weighted by atomic mass is 10.0. The molecule has 0 saturated carbocycles. The van der Waals surface area contributed by atoms with Crippen LogP contribution >= 0.6 is 0 Å². The first-order valence-electron chi connectivity index (χ1n) is 15.0. The molecule has 50 heavy (non-hydrogen) atoms. The van der Waals surface area contributed by atoms with E-state index in [1.807, 2.05) is 0 Å². The number of nitrogen functional groups attached to an aromatic ring is 1. The number of nitrogens with two attached hydrogens (primary N) is 2. The Bertz CT molecular complexity index is 1990. The third kappa shape index (κ3) is 7.69. The van der Waals surface area contributed by atoms with Crippen molar-refractivity contribution < 1.29 is 41.8 Å². The number of amides is 2. The van der Waals surface area contributed by atoms with Crippen molar-refractivity contribution in [3.63, 3.8) is 0 Å². The minimum atomic E-state index is -5.39. The highest BCUT2D eigenvalue weighted by Crippen LogP contribution is 2.34. The van der Waals surface area contributed by atoms with Crippen LogP contribution in [0.25, 0.3) is 5.69 Å². The average Bonchev–Trinajstić information content (AvgIpc) is 3.67. The highest BCUT2D eigenvalue weighted by molar-refractivity contribution is 5.98. The van der Waals surface area contributed by atoms with E-state index in [1.54, 1.807) is 47.4 Å². The van der Waals surface area contributed by atoms with E-state index in [1.165, 1.54) is 7.11 Å². The first-order valence-corrected chi connectivity index (χ1v) is 15.0. The second-order valence-electron chi connectivity index (χ2n) is 10.9. The Morgan fingerprint density at radius 2 is 1.80 bits per heavy atom. The quantitative estimate of drug-likeness (QED) is 0.0595. The summed E-state index contributed by atoms with van der Waals surface area (Å²) in [6, 6.07) is 13.4. The molecule has 1 atom stereocenters. The van der Waals surface area contributed by atoms with E-state index >= 15 is 0 Å². The lowest BCUT2D eigenvalue weighted by Crippen LogP contribution is -2.29. The van der Waals surface area contributed by atoms with Crippen LogP contribution in [0, 0.1) is 5.41 Å². The minimum absolute atomic E-state index is 0.0543. The zero-order valence-corrected chi connectivity index (χ0v) is 26.4. The van der Waals surface area contributed by atoms with Gasteiger partial charge in [0, 0.05) is 24.2 Å². The van der Waals surface area contributed by atoms with E-state index in [2.05, 4.69) is 20.1 Å². The molecule has 18 heteroatoms. The Balaban J connectivity index is 1.55. The van der Waals surface area contributed by atoms with Gasteiger partial charge in [-0.15, -0.1) is 5.10 Å². The molecule has 2 amide bonds. The van der Waals surface area contributed by atoms with Gasteiger partial charge in [-0.25, -0.2) is 9.59 Å². The van der Waals surface area contributed by atoms with Crippen molar-refractivity contribution in [2.45, 2.75) is 25.1 Å². The van der Waals surface area contributed by atoms with Crippen LogP contribution in [0.3, 0.4) is 0 Å². The number of hydrogen-bond acceptors (Lipinski definition) is 10. The van der Waals surface area contributed by atoms with Crippen LogP contribution in [-0.4, -0.2) is 76.3 Å². The third-order valence-corrected chi connectivity index (χ3v) is 7.64. The van der Waals surface area contributed by atoms with E-state index in [9.17, 15) is 32.3 Å². The zero-order valence-electron chi connectivity index (χ0n) is 26.4. The third-order valence-electron chi connectivity index (χ3n) is 7.64. The van der Waals surface area contributed by atoms with Gasteiger partial charge < -0.3 is 35.9 Å². The number of rotatable bonds is 13. The van der Waals surface area contributed by atoms with Crippen molar-refractivity contribution in [1.82, 2.24) is 19.7 Å². The largest absolute Gasteiger partial charge is 0.493 e. The summed E-state index contributed by atoms with van der Waals surface area (Å²) in [5, 5.41) is 15.2. The number of ether oxygens (including phenoxy) is 3. The molecule has 1 aliphatic rings. The smallest absolute Gasteiger partial charge is 0.491 e. The fourth-order valence-electron chi connectivity index (χ4n) is 5.21. The number of nitrogens with one attached hydrogen (secondary N) is 3. The number of carbonyl (C=O) groups is 3.